The first-order valence-corrected chi connectivity index (χ1v) is 5.41. The van der Waals surface area contributed by atoms with Crippen molar-refractivity contribution in [3.63, 3.8) is 0 Å². The van der Waals surface area contributed by atoms with Crippen LogP contribution in [0.15, 0.2) is 0 Å². The molecule has 1 aliphatic heterocycles. The Hall–Kier alpha value is -1.10. The Bertz CT molecular complexity index is 295. The summed E-state index contributed by atoms with van der Waals surface area (Å²) >= 11 is 0. The van der Waals surface area contributed by atoms with E-state index >= 15 is 0 Å². The summed E-state index contributed by atoms with van der Waals surface area (Å²) in [4.78, 5) is 24.1. The fourth-order valence-electron chi connectivity index (χ4n) is 1.88. The minimum absolute atomic E-state index is 0.130. The maximum atomic E-state index is 11.9. The number of aliphatic carboxylic acids is 1. The Morgan fingerprint density at radius 3 is 2.38 bits per heavy atom. The summed E-state index contributed by atoms with van der Waals surface area (Å²) < 4.78 is 0. The smallest absolute Gasteiger partial charge is 0.326 e. The number of hydrogen-bond acceptors (Lipinski definition) is 3. The van der Waals surface area contributed by atoms with Crippen LogP contribution in [0.5, 0.6) is 0 Å². The molecule has 0 saturated carbocycles. The Morgan fingerprint density at radius 2 is 1.94 bits per heavy atom. The first-order chi connectivity index (χ1) is 7.20. The topological polar surface area (TPSA) is 77.8 Å². The van der Waals surface area contributed by atoms with Gasteiger partial charge in [0, 0.05) is 19.4 Å². The minimum Gasteiger partial charge on any atom is -0.480 e. The lowest BCUT2D eigenvalue weighted by molar-refractivity contribution is -0.148. The second-order valence-electron chi connectivity index (χ2n) is 5.53. The van der Waals surface area contributed by atoms with Crippen molar-refractivity contribution in [3.05, 3.63) is 0 Å². The molecule has 92 valence electrons. The van der Waals surface area contributed by atoms with Crippen LogP contribution in [0.25, 0.3) is 0 Å². The highest BCUT2D eigenvalue weighted by atomic mass is 16.4. The quantitative estimate of drug-likeness (QED) is 0.721. The molecule has 16 heavy (non-hydrogen) atoms. The zero-order valence-corrected chi connectivity index (χ0v) is 9.93. The molecule has 0 aliphatic carbocycles. The minimum atomic E-state index is -1.04. The molecule has 1 fully saturated rings. The van der Waals surface area contributed by atoms with E-state index in [0.717, 1.165) is 0 Å². The molecular weight excluding hydrogens is 210 g/mol. The number of rotatable bonds is 2. The third-order valence-electron chi connectivity index (χ3n) is 2.57. The number of aliphatic hydroxyl groups excluding tert-OH is 1. The SMILES string of the molecule is CC(C)(C)CC(=O)N1CC(O)C[C@H]1C(=O)O. The molecule has 0 aromatic rings. The van der Waals surface area contributed by atoms with Crippen LogP contribution >= 0.6 is 0 Å². The molecule has 0 bridgehead atoms. The van der Waals surface area contributed by atoms with Crippen molar-refractivity contribution in [2.75, 3.05) is 6.54 Å². The summed E-state index contributed by atoms with van der Waals surface area (Å²) in [5.41, 5.74) is -0.173. The van der Waals surface area contributed by atoms with Gasteiger partial charge in [0.1, 0.15) is 6.04 Å². The van der Waals surface area contributed by atoms with Crippen LogP contribution in [0.3, 0.4) is 0 Å². The van der Waals surface area contributed by atoms with E-state index in [4.69, 9.17) is 5.11 Å². The highest BCUT2D eigenvalue weighted by Gasteiger charge is 2.39. The van der Waals surface area contributed by atoms with Crippen molar-refractivity contribution in [3.8, 4) is 0 Å². The lowest BCUT2D eigenvalue weighted by Gasteiger charge is -2.25. The second kappa shape index (κ2) is 4.41. The number of carboxylic acids is 1. The molecule has 2 N–H and O–H groups in total. The lowest BCUT2D eigenvalue weighted by Crippen LogP contribution is -2.41. The Balaban J connectivity index is 2.71. The van der Waals surface area contributed by atoms with Crippen molar-refractivity contribution in [2.24, 2.45) is 5.41 Å². The van der Waals surface area contributed by atoms with Crippen molar-refractivity contribution in [1.29, 1.82) is 0 Å². The van der Waals surface area contributed by atoms with E-state index in [1.807, 2.05) is 20.8 Å². The molecule has 1 unspecified atom stereocenters. The molecule has 5 nitrogen and oxygen atoms in total. The largest absolute Gasteiger partial charge is 0.480 e. The van der Waals surface area contributed by atoms with Crippen molar-refractivity contribution in [1.82, 2.24) is 4.90 Å². The van der Waals surface area contributed by atoms with Crippen molar-refractivity contribution in [2.45, 2.75) is 45.8 Å². The molecule has 1 heterocycles. The molecule has 0 aromatic carbocycles. The van der Waals surface area contributed by atoms with E-state index in [2.05, 4.69) is 0 Å². The first-order valence-electron chi connectivity index (χ1n) is 5.41. The first kappa shape index (κ1) is 13.0. The van der Waals surface area contributed by atoms with Gasteiger partial charge in [-0.15, -0.1) is 0 Å². The molecule has 0 aromatic heterocycles. The van der Waals surface area contributed by atoms with Gasteiger partial charge in [0.25, 0.3) is 0 Å². The van der Waals surface area contributed by atoms with Gasteiger partial charge in [0.2, 0.25) is 5.91 Å². The van der Waals surface area contributed by atoms with Gasteiger partial charge < -0.3 is 15.1 Å². The van der Waals surface area contributed by atoms with Crippen molar-refractivity contribution >= 4 is 11.9 Å². The number of carbonyl (C=O) groups excluding carboxylic acids is 1. The van der Waals surface area contributed by atoms with Gasteiger partial charge in [-0.1, -0.05) is 20.8 Å². The maximum absolute atomic E-state index is 11.9. The third-order valence-corrected chi connectivity index (χ3v) is 2.57. The molecule has 2 atom stereocenters. The fourth-order valence-corrected chi connectivity index (χ4v) is 1.88. The Morgan fingerprint density at radius 1 is 1.38 bits per heavy atom. The van der Waals surface area contributed by atoms with Crippen LogP contribution in [-0.4, -0.2) is 45.7 Å². The van der Waals surface area contributed by atoms with Crippen LogP contribution < -0.4 is 0 Å². The van der Waals surface area contributed by atoms with E-state index < -0.39 is 18.1 Å². The van der Waals surface area contributed by atoms with E-state index in [1.54, 1.807) is 0 Å². The zero-order chi connectivity index (χ0) is 12.5. The number of carboxylic acid groups (broad SMARTS) is 1. The van der Waals surface area contributed by atoms with Gasteiger partial charge in [0.15, 0.2) is 0 Å². The highest BCUT2D eigenvalue weighted by molar-refractivity contribution is 5.84. The Kier molecular flexibility index (Phi) is 3.57. The number of carbonyl (C=O) groups is 2. The number of amides is 1. The molecule has 5 heteroatoms. The van der Waals surface area contributed by atoms with Gasteiger partial charge in [-0.3, -0.25) is 4.79 Å². The Labute approximate surface area is 95.1 Å². The predicted octanol–water partition coefficient (Wildman–Crippen LogP) is 0.469. The molecule has 0 spiro atoms. The predicted molar refractivity (Wildman–Crippen MR) is 57.8 cm³/mol. The summed E-state index contributed by atoms with van der Waals surface area (Å²) in [6.07, 6.45) is -0.292. The van der Waals surface area contributed by atoms with Gasteiger partial charge in [-0.05, 0) is 5.41 Å². The third kappa shape index (κ3) is 3.20. The molecular formula is C11H19NO4. The summed E-state index contributed by atoms with van der Waals surface area (Å²) in [5, 5.41) is 18.4. The van der Waals surface area contributed by atoms with Crippen LogP contribution in [0.4, 0.5) is 0 Å². The molecule has 1 saturated heterocycles. The van der Waals surface area contributed by atoms with E-state index in [1.165, 1.54) is 4.90 Å². The van der Waals surface area contributed by atoms with Crippen LogP contribution in [0, 0.1) is 5.41 Å². The normalized spacial score (nSPS) is 25.9. The number of aliphatic hydroxyl groups is 1. The average Bonchev–Trinajstić information content (AvgIpc) is 2.44. The van der Waals surface area contributed by atoms with E-state index in [-0.39, 0.29) is 24.3 Å². The lowest BCUT2D eigenvalue weighted by atomic mass is 9.91. The summed E-state index contributed by atoms with van der Waals surface area (Å²) in [5.74, 6) is -1.24. The average molecular weight is 229 g/mol. The van der Waals surface area contributed by atoms with Crippen LogP contribution in [-0.2, 0) is 9.59 Å². The number of β-amino-alcohol motifs (C(OH)–C–C–N with tert-alkyl or cyclic N) is 1. The molecule has 1 amide bonds. The standard InChI is InChI=1S/C11H19NO4/c1-11(2,3)5-9(14)12-6-7(13)4-8(12)10(15)16/h7-8,13H,4-6H2,1-3H3,(H,15,16)/t7?,8-/m0/s1. The molecule has 1 aliphatic rings. The number of nitrogens with zero attached hydrogens (tertiary/aromatic N) is 1. The fraction of sp³-hybridized carbons (Fsp3) is 0.818. The summed E-state index contributed by atoms with van der Waals surface area (Å²) in [6, 6.07) is -0.871. The summed E-state index contributed by atoms with van der Waals surface area (Å²) in [7, 11) is 0. The zero-order valence-electron chi connectivity index (χ0n) is 9.93. The van der Waals surface area contributed by atoms with Gasteiger partial charge in [-0.2, -0.15) is 0 Å². The van der Waals surface area contributed by atoms with E-state index in [0.29, 0.717) is 6.42 Å². The van der Waals surface area contributed by atoms with Gasteiger partial charge in [-0.25, -0.2) is 4.79 Å². The van der Waals surface area contributed by atoms with Crippen LogP contribution in [0.1, 0.15) is 33.6 Å². The van der Waals surface area contributed by atoms with Crippen molar-refractivity contribution < 1.29 is 19.8 Å². The maximum Gasteiger partial charge on any atom is 0.326 e. The summed E-state index contributed by atoms with van der Waals surface area (Å²) in [6.45, 7) is 5.90. The molecule has 1 rings (SSSR count). The molecule has 0 radical (unpaired) electrons. The monoisotopic (exact) mass is 229 g/mol. The van der Waals surface area contributed by atoms with Gasteiger partial charge >= 0.3 is 5.97 Å². The highest BCUT2D eigenvalue weighted by Crippen LogP contribution is 2.24. The van der Waals surface area contributed by atoms with Gasteiger partial charge in [0.05, 0.1) is 6.10 Å². The number of likely N-dealkylation sites (tertiary alicyclic amines) is 1. The second-order valence-corrected chi connectivity index (χ2v) is 5.53. The van der Waals surface area contributed by atoms with E-state index in [9.17, 15) is 14.7 Å². The number of hydrogen-bond donors (Lipinski definition) is 2. The van der Waals surface area contributed by atoms with Crippen LogP contribution in [0.2, 0.25) is 0 Å².